The van der Waals surface area contributed by atoms with E-state index in [4.69, 9.17) is 9.47 Å². The first-order chi connectivity index (χ1) is 5.77. The molecular weight excluding hydrogens is 160 g/mol. The third-order valence-electron chi connectivity index (χ3n) is 1.61. The van der Waals surface area contributed by atoms with Crippen molar-refractivity contribution in [3.05, 3.63) is 23.8 Å². The summed E-state index contributed by atoms with van der Waals surface area (Å²) < 4.78 is 9.97. The molecule has 0 unspecified atom stereocenters. The second-order valence-corrected chi connectivity index (χ2v) is 2.36. The maximum Gasteiger partial charge on any atom is 0.231 e. The van der Waals surface area contributed by atoms with Crippen LogP contribution in [-0.4, -0.2) is 12.8 Å². The van der Waals surface area contributed by atoms with E-state index in [1.54, 1.807) is 6.07 Å². The van der Waals surface area contributed by atoms with Gasteiger partial charge in [-0.1, -0.05) is 0 Å². The molecule has 0 aliphatic carbocycles. The molecule has 1 aromatic rings. The normalized spacial score (nSPS) is 13.0. The molecule has 4 heteroatoms. The predicted octanol–water partition coefficient (Wildman–Crippen LogP) is -0.221. The Labute approximate surface area is 68.3 Å². The highest BCUT2D eigenvalue weighted by Gasteiger charge is 2.12. The summed E-state index contributed by atoms with van der Waals surface area (Å²) in [4.78, 5) is 10.4. The largest absolute Gasteiger partial charge is 0.545 e. The molecule has 0 saturated heterocycles. The second-order valence-electron chi connectivity index (χ2n) is 2.36. The summed E-state index contributed by atoms with van der Waals surface area (Å²) in [5.74, 6) is -0.190. The molecule has 0 saturated carbocycles. The highest BCUT2D eigenvalue weighted by atomic mass is 16.7. The fraction of sp³-hybridized carbons (Fsp3) is 0.125. The monoisotopic (exact) mass is 165 g/mol. The summed E-state index contributed by atoms with van der Waals surface area (Å²) in [5.41, 5.74) is 0.0965. The van der Waals surface area contributed by atoms with Crippen LogP contribution in [0.1, 0.15) is 10.4 Å². The van der Waals surface area contributed by atoms with Gasteiger partial charge in [-0.2, -0.15) is 0 Å². The lowest BCUT2D eigenvalue weighted by Gasteiger charge is -2.02. The Morgan fingerprint density at radius 3 is 2.83 bits per heavy atom. The van der Waals surface area contributed by atoms with Crippen molar-refractivity contribution >= 4 is 5.97 Å². The van der Waals surface area contributed by atoms with Crippen LogP contribution in [0.5, 0.6) is 11.5 Å². The van der Waals surface area contributed by atoms with E-state index in [2.05, 4.69) is 0 Å². The van der Waals surface area contributed by atoms with Crippen molar-refractivity contribution in [3.63, 3.8) is 0 Å². The molecule has 0 bridgehead atoms. The minimum atomic E-state index is -1.21. The molecule has 2 rings (SSSR count). The number of rotatable bonds is 1. The quantitative estimate of drug-likeness (QED) is 0.577. The van der Waals surface area contributed by atoms with Crippen LogP contribution in [0.3, 0.4) is 0 Å². The third-order valence-corrected chi connectivity index (χ3v) is 1.61. The average molecular weight is 165 g/mol. The molecule has 62 valence electrons. The van der Waals surface area contributed by atoms with E-state index in [1.807, 2.05) is 0 Å². The summed E-state index contributed by atoms with van der Waals surface area (Å²) in [5, 5.41) is 10.4. The van der Waals surface area contributed by atoms with E-state index >= 15 is 0 Å². The highest BCUT2D eigenvalue weighted by Crippen LogP contribution is 2.32. The number of hydrogen-bond acceptors (Lipinski definition) is 4. The Hall–Kier alpha value is -1.71. The van der Waals surface area contributed by atoms with Gasteiger partial charge in [-0.05, 0) is 18.2 Å². The number of carboxylic acids is 1. The highest BCUT2D eigenvalue weighted by molar-refractivity contribution is 5.86. The molecule has 12 heavy (non-hydrogen) atoms. The maximum absolute atomic E-state index is 10.4. The first-order valence-electron chi connectivity index (χ1n) is 3.38. The minimum Gasteiger partial charge on any atom is -0.545 e. The zero-order valence-corrected chi connectivity index (χ0v) is 6.07. The number of ether oxygens (including phenoxy) is 2. The molecule has 1 heterocycles. The molecule has 0 fully saturated rings. The Kier molecular flexibility index (Phi) is 1.40. The molecule has 0 aromatic heterocycles. The molecule has 0 atom stereocenters. The van der Waals surface area contributed by atoms with Gasteiger partial charge in [0.25, 0.3) is 0 Å². The van der Waals surface area contributed by atoms with E-state index in [0.29, 0.717) is 11.5 Å². The number of benzene rings is 1. The van der Waals surface area contributed by atoms with Crippen LogP contribution in [0.2, 0.25) is 0 Å². The fourth-order valence-corrected chi connectivity index (χ4v) is 1.02. The van der Waals surface area contributed by atoms with Crippen LogP contribution in [-0.2, 0) is 0 Å². The number of fused-ring (bicyclic) bond motifs is 1. The van der Waals surface area contributed by atoms with Crippen molar-refractivity contribution in [2.45, 2.75) is 0 Å². The smallest absolute Gasteiger partial charge is 0.231 e. The minimum absolute atomic E-state index is 0.0965. The van der Waals surface area contributed by atoms with Crippen LogP contribution in [0, 0.1) is 0 Å². The van der Waals surface area contributed by atoms with Gasteiger partial charge in [0.15, 0.2) is 11.5 Å². The van der Waals surface area contributed by atoms with Crippen LogP contribution in [0.4, 0.5) is 0 Å². The molecule has 1 aromatic carbocycles. The molecular formula is C8H5O4-. The molecule has 1 aliphatic heterocycles. The molecule has 4 nitrogen and oxygen atoms in total. The van der Waals surface area contributed by atoms with Gasteiger partial charge in [0.05, 0.1) is 5.97 Å². The Bertz CT molecular complexity index is 332. The summed E-state index contributed by atoms with van der Waals surface area (Å²) >= 11 is 0. The number of carboxylic acid groups (broad SMARTS) is 1. The van der Waals surface area contributed by atoms with Crippen molar-refractivity contribution in [2.24, 2.45) is 0 Å². The zero-order valence-electron chi connectivity index (χ0n) is 6.07. The number of aromatic carboxylic acids is 1. The lowest BCUT2D eigenvalue weighted by molar-refractivity contribution is -0.255. The van der Waals surface area contributed by atoms with Gasteiger partial charge in [0.1, 0.15) is 0 Å². The molecule has 0 amide bonds. The first kappa shape index (κ1) is 6.97. The van der Waals surface area contributed by atoms with Gasteiger partial charge in [-0.3, -0.25) is 0 Å². The van der Waals surface area contributed by atoms with Crippen LogP contribution < -0.4 is 14.6 Å². The van der Waals surface area contributed by atoms with Crippen LogP contribution in [0.15, 0.2) is 18.2 Å². The zero-order chi connectivity index (χ0) is 8.55. The molecule has 1 aliphatic rings. The number of carbonyl (C=O) groups is 1. The topological polar surface area (TPSA) is 58.6 Å². The summed E-state index contributed by atoms with van der Waals surface area (Å²) in [6, 6.07) is 4.36. The molecule has 0 N–H and O–H groups in total. The Balaban J connectivity index is 2.45. The lowest BCUT2D eigenvalue weighted by atomic mass is 10.2. The third kappa shape index (κ3) is 0.972. The SMILES string of the molecule is O=C([O-])c1ccc2c(c1)OCO2. The summed E-state index contributed by atoms with van der Waals surface area (Å²) in [6.07, 6.45) is 0. The van der Waals surface area contributed by atoms with Crippen molar-refractivity contribution in [1.82, 2.24) is 0 Å². The molecule has 0 spiro atoms. The van der Waals surface area contributed by atoms with Gasteiger partial charge in [0, 0.05) is 5.56 Å². The standard InChI is InChI=1S/C8H6O4/c9-8(10)5-1-2-6-7(3-5)12-4-11-6/h1-3H,4H2,(H,9,10)/p-1. The maximum atomic E-state index is 10.4. The second kappa shape index (κ2) is 2.41. The van der Waals surface area contributed by atoms with E-state index < -0.39 is 5.97 Å². The average Bonchev–Trinajstić information content (AvgIpc) is 2.49. The van der Waals surface area contributed by atoms with E-state index in [0.717, 1.165) is 0 Å². The van der Waals surface area contributed by atoms with Gasteiger partial charge >= 0.3 is 0 Å². The van der Waals surface area contributed by atoms with Gasteiger partial charge in [-0.15, -0.1) is 0 Å². The number of hydrogen-bond donors (Lipinski definition) is 0. The number of carbonyl (C=O) groups excluding carboxylic acids is 1. The van der Waals surface area contributed by atoms with E-state index in [9.17, 15) is 9.90 Å². The van der Waals surface area contributed by atoms with Crippen molar-refractivity contribution in [1.29, 1.82) is 0 Å². The van der Waals surface area contributed by atoms with Crippen LogP contribution in [0.25, 0.3) is 0 Å². The first-order valence-corrected chi connectivity index (χ1v) is 3.38. The van der Waals surface area contributed by atoms with Crippen molar-refractivity contribution in [3.8, 4) is 11.5 Å². The van der Waals surface area contributed by atoms with Crippen molar-refractivity contribution in [2.75, 3.05) is 6.79 Å². The van der Waals surface area contributed by atoms with Gasteiger partial charge < -0.3 is 19.4 Å². The van der Waals surface area contributed by atoms with E-state index in [-0.39, 0.29) is 12.4 Å². The van der Waals surface area contributed by atoms with Crippen molar-refractivity contribution < 1.29 is 19.4 Å². The van der Waals surface area contributed by atoms with Crippen LogP contribution >= 0.6 is 0 Å². The fourth-order valence-electron chi connectivity index (χ4n) is 1.02. The summed E-state index contributed by atoms with van der Waals surface area (Å²) in [7, 11) is 0. The Morgan fingerprint density at radius 2 is 2.08 bits per heavy atom. The van der Waals surface area contributed by atoms with Gasteiger partial charge in [0.2, 0.25) is 6.79 Å². The Morgan fingerprint density at radius 1 is 1.33 bits per heavy atom. The summed E-state index contributed by atoms with van der Waals surface area (Å²) in [6.45, 7) is 0.145. The van der Waals surface area contributed by atoms with E-state index in [1.165, 1.54) is 12.1 Å². The molecule has 0 radical (unpaired) electrons. The lowest BCUT2D eigenvalue weighted by Crippen LogP contribution is -2.21. The van der Waals surface area contributed by atoms with Gasteiger partial charge in [-0.25, -0.2) is 0 Å². The predicted molar refractivity (Wildman–Crippen MR) is 36.9 cm³/mol.